The molecule has 0 radical (unpaired) electrons. The largest absolute Gasteiger partial charge is 0.435 e. The van der Waals surface area contributed by atoms with Crippen LogP contribution < -0.4 is 4.74 Å². The highest BCUT2D eigenvalue weighted by molar-refractivity contribution is 6.29. The van der Waals surface area contributed by atoms with Crippen LogP contribution in [-0.4, -0.2) is 14.8 Å². The third-order valence-electron chi connectivity index (χ3n) is 2.55. The zero-order chi connectivity index (χ0) is 13.3. The first-order chi connectivity index (χ1) is 8.51. The first kappa shape index (κ1) is 12.4. The zero-order valence-electron chi connectivity index (χ0n) is 10.2. The standard InChI is InChI=1S/C12H11ClN4O/c1-7-12(8(2)17(3)16-7)18-11-5-9(6-14)4-10(13)15-11/h4-5H,1-3H3. The van der Waals surface area contributed by atoms with Crippen molar-refractivity contribution in [2.24, 2.45) is 7.05 Å². The maximum Gasteiger partial charge on any atom is 0.222 e. The summed E-state index contributed by atoms with van der Waals surface area (Å²) in [5.74, 6) is 0.925. The van der Waals surface area contributed by atoms with Crippen LogP contribution in [0.1, 0.15) is 17.0 Å². The molecule has 0 saturated carbocycles. The third-order valence-corrected chi connectivity index (χ3v) is 2.74. The van der Waals surface area contributed by atoms with Gasteiger partial charge < -0.3 is 4.74 Å². The first-order valence-electron chi connectivity index (χ1n) is 5.27. The predicted octanol–water partition coefficient (Wildman–Crippen LogP) is 2.75. The van der Waals surface area contributed by atoms with Gasteiger partial charge in [-0.3, -0.25) is 4.68 Å². The fourth-order valence-corrected chi connectivity index (χ4v) is 1.80. The second kappa shape index (κ2) is 4.67. The number of ether oxygens (including phenoxy) is 1. The summed E-state index contributed by atoms with van der Waals surface area (Å²) in [7, 11) is 1.83. The van der Waals surface area contributed by atoms with E-state index in [-0.39, 0.29) is 5.15 Å². The van der Waals surface area contributed by atoms with E-state index in [1.807, 2.05) is 27.0 Å². The van der Waals surface area contributed by atoms with Gasteiger partial charge in [-0.05, 0) is 19.9 Å². The van der Waals surface area contributed by atoms with Gasteiger partial charge in [-0.1, -0.05) is 11.6 Å². The van der Waals surface area contributed by atoms with Gasteiger partial charge in [0.1, 0.15) is 10.8 Å². The maximum absolute atomic E-state index is 8.86. The van der Waals surface area contributed by atoms with E-state index in [2.05, 4.69) is 10.1 Å². The van der Waals surface area contributed by atoms with E-state index in [0.29, 0.717) is 17.2 Å². The van der Waals surface area contributed by atoms with E-state index in [9.17, 15) is 0 Å². The molecule has 0 amide bonds. The number of aromatic nitrogens is 3. The van der Waals surface area contributed by atoms with Crippen LogP contribution in [0.5, 0.6) is 11.6 Å². The van der Waals surface area contributed by atoms with Gasteiger partial charge in [0.15, 0.2) is 5.75 Å². The smallest absolute Gasteiger partial charge is 0.222 e. The van der Waals surface area contributed by atoms with Crippen LogP contribution in [0.25, 0.3) is 0 Å². The molecule has 0 unspecified atom stereocenters. The Hall–Kier alpha value is -2.06. The molecule has 0 fully saturated rings. The van der Waals surface area contributed by atoms with Crippen molar-refractivity contribution in [3.63, 3.8) is 0 Å². The number of pyridine rings is 1. The van der Waals surface area contributed by atoms with E-state index < -0.39 is 0 Å². The molecule has 2 heterocycles. The number of nitriles is 1. The molecule has 0 saturated heterocycles. The van der Waals surface area contributed by atoms with Crippen LogP contribution in [-0.2, 0) is 7.05 Å². The summed E-state index contributed by atoms with van der Waals surface area (Å²) in [5, 5.41) is 13.3. The van der Waals surface area contributed by atoms with Crippen LogP contribution in [0.3, 0.4) is 0 Å². The fourth-order valence-electron chi connectivity index (χ4n) is 1.60. The molecule has 0 aliphatic heterocycles. The molecule has 18 heavy (non-hydrogen) atoms. The number of rotatable bonds is 2. The average Bonchev–Trinajstić information content (AvgIpc) is 2.55. The molecule has 92 valence electrons. The summed E-state index contributed by atoms with van der Waals surface area (Å²) in [5.41, 5.74) is 2.05. The van der Waals surface area contributed by atoms with Crippen LogP contribution in [0.4, 0.5) is 0 Å². The van der Waals surface area contributed by atoms with E-state index in [1.54, 1.807) is 4.68 Å². The van der Waals surface area contributed by atoms with E-state index >= 15 is 0 Å². The fraction of sp³-hybridized carbons (Fsp3) is 0.250. The van der Waals surface area contributed by atoms with Crippen molar-refractivity contribution in [2.45, 2.75) is 13.8 Å². The molecule has 0 aromatic carbocycles. The Labute approximate surface area is 110 Å². The summed E-state index contributed by atoms with van der Waals surface area (Å²) in [6, 6.07) is 5.03. The van der Waals surface area contributed by atoms with Crippen molar-refractivity contribution in [3.05, 3.63) is 34.2 Å². The molecule has 0 aliphatic carbocycles. The Kier molecular flexibility index (Phi) is 3.21. The summed E-state index contributed by atoms with van der Waals surface area (Å²) in [6.45, 7) is 3.74. The van der Waals surface area contributed by atoms with Gasteiger partial charge in [0.2, 0.25) is 5.88 Å². The Balaban J connectivity index is 2.40. The summed E-state index contributed by atoms with van der Waals surface area (Å²) in [4.78, 5) is 4.02. The highest BCUT2D eigenvalue weighted by Crippen LogP contribution is 2.28. The lowest BCUT2D eigenvalue weighted by Gasteiger charge is -2.05. The topological polar surface area (TPSA) is 63.7 Å². The Bertz CT molecular complexity index is 642. The van der Waals surface area contributed by atoms with Gasteiger partial charge >= 0.3 is 0 Å². The van der Waals surface area contributed by atoms with Gasteiger partial charge in [0, 0.05) is 13.1 Å². The minimum atomic E-state index is 0.225. The molecule has 0 bridgehead atoms. The van der Waals surface area contributed by atoms with Crippen LogP contribution in [0, 0.1) is 25.2 Å². The molecule has 2 aromatic rings. The summed E-state index contributed by atoms with van der Waals surface area (Å²) >= 11 is 5.82. The SMILES string of the molecule is Cc1nn(C)c(C)c1Oc1cc(C#N)cc(Cl)n1. The lowest BCUT2D eigenvalue weighted by atomic mass is 10.3. The van der Waals surface area contributed by atoms with E-state index in [0.717, 1.165) is 11.4 Å². The number of hydrogen-bond acceptors (Lipinski definition) is 4. The Morgan fingerprint density at radius 3 is 2.67 bits per heavy atom. The maximum atomic E-state index is 8.86. The van der Waals surface area contributed by atoms with Crippen LogP contribution in [0.15, 0.2) is 12.1 Å². The highest BCUT2D eigenvalue weighted by atomic mass is 35.5. The minimum Gasteiger partial charge on any atom is -0.435 e. The summed E-state index contributed by atoms with van der Waals surface area (Å²) in [6.07, 6.45) is 0. The number of halogens is 1. The second-order valence-corrected chi connectivity index (χ2v) is 4.24. The van der Waals surface area contributed by atoms with Crippen molar-refractivity contribution in [1.29, 1.82) is 5.26 Å². The molecule has 0 atom stereocenters. The molecule has 6 heteroatoms. The molecular weight excluding hydrogens is 252 g/mol. The average molecular weight is 263 g/mol. The van der Waals surface area contributed by atoms with Gasteiger partial charge in [-0.25, -0.2) is 4.98 Å². The molecule has 0 aliphatic rings. The van der Waals surface area contributed by atoms with E-state index in [1.165, 1.54) is 12.1 Å². The monoisotopic (exact) mass is 262 g/mol. The second-order valence-electron chi connectivity index (χ2n) is 3.85. The van der Waals surface area contributed by atoms with Gasteiger partial charge in [-0.2, -0.15) is 10.4 Å². The quantitative estimate of drug-likeness (QED) is 0.781. The van der Waals surface area contributed by atoms with Crippen molar-refractivity contribution in [2.75, 3.05) is 0 Å². The number of nitrogens with zero attached hydrogens (tertiary/aromatic N) is 4. The zero-order valence-corrected chi connectivity index (χ0v) is 11.0. The normalized spacial score (nSPS) is 10.2. The Morgan fingerprint density at radius 1 is 1.39 bits per heavy atom. The summed E-state index contributed by atoms with van der Waals surface area (Å²) < 4.78 is 7.38. The minimum absolute atomic E-state index is 0.225. The van der Waals surface area contributed by atoms with Crippen molar-refractivity contribution >= 4 is 11.6 Å². The Morgan fingerprint density at radius 2 is 2.11 bits per heavy atom. The molecule has 2 rings (SSSR count). The number of aryl methyl sites for hydroxylation is 2. The van der Waals surface area contributed by atoms with Crippen molar-refractivity contribution < 1.29 is 4.74 Å². The molecule has 0 N–H and O–H groups in total. The van der Waals surface area contributed by atoms with Gasteiger partial charge in [-0.15, -0.1) is 0 Å². The highest BCUT2D eigenvalue weighted by Gasteiger charge is 2.13. The first-order valence-corrected chi connectivity index (χ1v) is 5.65. The lowest BCUT2D eigenvalue weighted by Crippen LogP contribution is -1.94. The van der Waals surface area contributed by atoms with Gasteiger partial charge in [0.25, 0.3) is 0 Å². The number of hydrogen-bond donors (Lipinski definition) is 0. The molecular formula is C12H11ClN4O. The molecule has 2 aromatic heterocycles. The van der Waals surface area contributed by atoms with Crippen molar-refractivity contribution in [1.82, 2.24) is 14.8 Å². The van der Waals surface area contributed by atoms with Crippen molar-refractivity contribution in [3.8, 4) is 17.7 Å². The lowest BCUT2D eigenvalue weighted by molar-refractivity contribution is 0.455. The van der Waals surface area contributed by atoms with E-state index in [4.69, 9.17) is 21.6 Å². The predicted molar refractivity (Wildman–Crippen MR) is 66.7 cm³/mol. The van der Waals surface area contributed by atoms with Crippen LogP contribution >= 0.6 is 11.6 Å². The third kappa shape index (κ3) is 2.29. The van der Waals surface area contributed by atoms with Crippen LogP contribution in [0.2, 0.25) is 5.15 Å². The molecule has 0 spiro atoms. The molecule has 5 nitrogen and oxygen atoms in total. The van der Waals surface area contributed by atoms with Gasteiger partial charge in [0.05, 0.1) is 17.3 Å².